The van der Waals surface area contributed by atoms with Gasteiger partial charge in [-0.25, -0.2) is 11.1 Å². The summed E-state index contributed by atoms with van der Waals surface area (Å²) in [4.78, 5) is 0. The van der Waals surface area contributed by atoms with E-state index in [1.807, 2.05) is 11.3 Å². The molecule has 0 saturated carbocycles. The lowest BCUT2D eigenvalue weighted by Gasteiger charge is -2.23. The van der Waals surface area contributed by atoms with Crippen LogP contribution in [0.3, 0.4) is 0 Å². The molecule has 3 N–H and O–H groups in total. The fraction of sp³-hybridized carbons (Fsp3) is 0.127. The van der Waals surface area contributed by atoms with Gasteiger partial charge in [0.1, 0.15) is 0 Å². The highest BCUT2D eigenvalue weighted by atomic mass is 32.1. The van der Waals surface area contributed by atoms with Gasteiger partial charge in [-0.05, 0) is 134 Å². The molecule has 8 aromatic carbocycles. The summed E-state index contributed by atoms with van der Waals surface area (Å²) in [7, 11) is 0. The Morgan fingerprint density at radius 1 is 0.593 bits per heavy atom. The number of aryl methyl sites for hydroxylation is 1. The van der Waals surface area contributed by atoms with Crippen molar-refractivity contribution >= 4 is 76.6 Å². The third-order valence-electron chi connectivity index (χ3n) is 11.9. The zero-order chi connectivity index (χ0) is 40.5. The molecule has 4 heteroatoms. The van der Waals surface area contributed by atoms with Gasteiger partial charge in [-0.1, -0.05) is 159 Å². The van der Waals surface area contributed by atoms with E-state index in [0.717, 1.165) is 18.5 Å². The van der Waals surface area contributed by atoms with Gasteiger partial charge in [-0.2, -0.15) is 0 Å². The van der Waals surface area contributed by atoms with Gasteiger partial charge in [-0.3, -0.25) is 0 Å². The number of rotatable bonds is 4. The first-order valence-corrected chi connectivity index (χ1v) is 21.3. The van der Waals surface area contributed by atoms with Crippen molar-refractivity contribution < 1.29 is 0 Å². The van der Waals surface area contributed by atoms with Crippen molar-refractivity contribution in [2.45, 2.75) is 39.5 Å². The molecule has 0 fully saturated rings. The van der Waals surface area contributed by atoms with E-state index in [1.165, 1.54) is 97.5 Å². The van der Waals surface area contributed by atoms with Crippen LogP contribution < -0.4 is 5.32 Å². The second kappa shape index (κ2) is 16.3. The summed E-state index contributed by atoms with van der Waals surface area (Å²) in [6.07, 6.45) is 11.4. The Bertz CT molecular complexity index is 3080. The fourth-order valence-electron chi connectivity index (χ4n) is 9.17. The number of anilines is 2. The zero-order valence-electron chi connectivity index (χ0n) is 33.7. The number of fused-ring (bicyclic) bond motifs is 10. The number of allylic oxidation sites excluding steroid dienone is 2. The summed E-state index contributed by atoms with van der Waals surface area (Å²) in [5.41, 5.74) is 24.5. The molecule has 59 heavy (non-hydrogen) atoms. The van der Waals surface area contributed by atoms with Gasteiger partial charge >= 0.3 is 0 Å². The maximum atomic E-state index is 5.00. The van der Waals surface area contributed by atoms with E-state index in [-0.39, 0.29) is 0 Å². The smallest absolute Gasteiger partial charge is 0.0423 e. The monoisotopic (exact) mass is 781 g/mol. The predicted octanol–water partition coefficient (Wildman–Crippen LogP) is 16.8. The largest absolute Gasteiger partial charge is 0.355 e. The molecule has 2 aliphatic carbocycles. The van der Waals surface area contributed by atoms with Crippen molar-refractivity contribution in [3.05, 3.63) is 192 Å². The van der Waals surface area contributed by atoms with Crippen LogP contribution >= 0.6 is 11.3 Å². The quantitative estimate of drug-likeness (QED) is 0.121. The second-order valence-electron chi connectivity index (χ2n) is 15.9. The first-order valence-electron chi connectivity index (χ1n) is 20.5. The Labute approximate surface area is 350 Å². The van der Waals surface area contributed by atoms with E-state index in [1.54, 1.807) is 0 Å². The van der Waals surface area contributed by atoms with Gasteiger partial charge in [0, 0.05) is 31.5 Å². The Kier molecular flexibility index (Phi) is 10.5. The molecule has 2 aliphatic rings. The minimum absolute atomic E-state index is 0.551. The second-order valence-corrected chi connectivity index (χ2v) is 17.0. The van der Waals surface area contributed by atoms with Gasteiger partial charge in [0.05, 0.1) is 0 Å². The molecule has 3 nitrogen and oxygen atoms in total. The first kappa shape index (κ1) is 37.9. The van der Waals surface area contributed by atoms with Gasteiger partial charge in [-0.15, -0.1) is 11.3 Å². The molecule has 0 amide bonds. The van der Waals surface area contributed by atoms with Crippen LogP contribution in [0.1, 0.15) is 54.0 Å². The summed E-state index contributed by atoms with van der Waals surface area (Å²) in [5, 5.41) is 11.9. The SMILES string of the molecule is CC1C=Cc2cccc(Nc3cccc(-c4cccc5sc6ccccc6c45)c3)c2C1.Cc1cccc(-c2ccc3c(c2)c2c(c4ccccc43)C=CCC2C)c1.N=N. The number of hydrogen-bond acceptors (Lipinski definition) is 4. The average molecular weight is 782 g/mol. The molecule has 0 saturated heterocycles. The average Bonchev–Trinajstić information content (AvgIpc) is 3.67. The summed E-state index contributed by atoms with van der Waals surface area (Å²) in [6, 6.07) is 55.4. The molecule has 2 unspecified atom stereocenters. The van der Waals surface area contributed by atoms with Crippen LogP contribution in [0.2, 0.25) is 0 Å². The van der Waals surface area contributed by atoms with Crippen LogP contribution in [0.15, 0.2) is 164 Å². The van der Waals surface area contributed by atoms with Crippen molar-refractivity contribution in [2.24, 2.45) is 5.92 Å². The number of hydrogen-bond donors (Lipinski definition) is 3. The zero-order valence-corrected chi connectivity index (χ0v) is 34.5. The van der Waals surface area contributed by atoms with Gasteiger partial charge in [0.15, 0.2) is 0 Å². The normalized spacial score (nSPS) is 15.2. The van der Waals surface area contributed by atoms with Crippen molar-refractivity contribution in [3.8, 4) is 22.3 Å². The number of benzene rings is 8. The van der Waals surface area contributed by atoms with Crippen LogP contribution in [0, 0.1) is 23.9 Å². The lowest BCUT2D eigenvalue weighted by molar-refractivity contribution is 0.718. The Balaban J connectivity index is 0.000000148. The molecule has 0 spiro atoms. The molecule has 1 aromatic heterocycles. The van der Waals surface area contributed by atoms with Crippen LogP contribution in [-0.4, -0.2) is 0 Å². The molecule has 288 valence electrons. The fourth-order valence-corrected chi connectivity index (χ4v) is 10.3. The highest BCUT2D eigenvalue weighted by Crippen LogP contribution is 2.43. The van der Waals surface area contributed by atoms with Gasteiger partial charge in [0.2, 0.25) is 0 Å². The molecular formula is C55H47N3S. The molecule has 9 aromatic rings. The third-order valence-corrected chi connectivity index (χ3v) is 13.1. The van der Waals surface area contributed by atoms with E-state index in [9.17, 15) is 0 Å². The maximum Gasteiger partial charge on any atom is 0.0423 e. The molecule has 11 rings (SSSR count). The van der Waals surface area contributed by atoms with E-state index < -0.39 is 0 Å². The van der Waals surface area contributed by atoms with Crippen LogP contribution in [0.4, 0.5) is 11.4 Å². The molecule has 0 radical (unpaired) electrons. The molecular weight excluding hydrogens is 735 g/mol. The Morgan fingerprint density at radius 2 is 1.31 bits per heavy atom. The molecule has 0 bridgehead atoms. The number of nitrogens with one attached hydrogen (secondary N) is 3. The Morgan fingerprint density at radius 3 is 2.17 bits per heavy atom. The summed E-state index contributed by atoms with van der Waals surface area (Å²) >= 11 is 1.87. The van der Waals surface area contributed by atoms with Crippen LogP contribution in [0.5, 0.6) is 0 Å². The van der Waals surface area contributed by atoms with Gasteiger partial charge < -0.3 is 5.32 Å². The molecule has 1 heterocycles. The lowest BCUT2D eigenvalue weighted by atomic mass is 9.81. The minimum atomic E-state index is 0.551. The third kappa shape index (κ3) is 7.26. The topological polar surface area (TPSA) is 59.7 Å². The van der Waals surface area contributed by atoms with Crippen LogP contribution in [-0.2, 0) is 6.42 Å². The highest BCUT2D eigenvalue weighted by molar-refractivity contribution is 7.25. The van der Waals surface area contributed by atoms with Crippen molar-refractivity contribution in [1.82, 2.24) is 0 Å². The lowest BCUT2D eigenvalue weighted by Crippen LogP contribution is -2.06. The number of thiophene rings is 1. The summed E-state index contributed by atoms with van der Waals surface area (Å²) in [6.45, 7) is 6.80. The van der Waals surface area contributed by atoms with E-state index in [4.69, 9.17) is 11.1 Å². The maximum absolute atomic E-state index is 5.00. The minimum Gasteiger partial charge on any atom is -0.355 e. The van der Waals surface area contributed by atoms with Crippen LogP contribution in [0.25, 0.3) is 76.1 Å². The van der Waals surface area contributed by atoms with Crippen molar-refractivity contribution in [3.63, 3.8) is 0 Å². The first-order chi connectivity index (χ1) is 29.0. The summed E-state index contributed by atoms with van der Waals surface area (Å²) in [5.74, 6) is 1.13. The molecule has 0 aliphatic heterocycles. The molecule has 2 atom stereocenters. The van der Waals surface area contributed by atoms with E-state index >= 15 is 0 Å². The van der Waals surface area contributed by atoms with Crippen molar-refractivity contribution in [1.29, 1.82) is 11.1 Å². The Hall–Kier alpha value is -6.62. The standard InChI is InChI=1S/C29H23NS.C26H22.H2N2/c1-19-15-16-20-7-5-12-26(25(20)17-19)30-22-9-4-8-21(18-22)23-11-6-14-28-29(23)24-10-2-3-13-27(24)31-28;1-17-7-5-9-19(15-17)20-13-14-23-21-10-3-4-11-22(21)24-12-6-8-18(2)26(24)25(23)16-20;1-2/h2-16,18-19,30H,17H2,1H3;3-7,9-16,18H,8H2,1-2H3;1-2H. The predicted molar refractivity (Wildman–Crippen MR) is 256 cm³/mol. The van der Waals surface area contributed by atoms with E-state index in [0.29, 0.717) is 11.8 Å². The van der Waals surface area contributed by atoms with Gasteiger partial charge in [0.25, 0.3) is 0 Å². The highest BCUT2D eigenvalue weighted by Gasteiger charge is 2.20. The van der Waals surface area contributed by atoms with Crippen molar-refractivity contribution in [2.75, 3.05) is 5.32 Å². The van der Waals surface area contributed by atoms with E-state index in [2.05, 4.69) is 202 Å². The summed E-state index contributed by atoms with van der Waals surface area (Å²) < 4.78 is 2.69.